The molecule has 7 atom stereocenters. The third kappa shape index (κ3) is 4.80. The molecule has 0 spiro atoms. The predicted octanol–water partition coefficient (Wildman–Crippen LogP) is 6.51. The molecule has 2 aliphatic heterocycles. The summed E-state index contributed by atoms with van der Waals surface area (Å²) >= 11 is 0. The second kappa shape index (κ2) is 8.65. The molecule has 4 rings (SSSR count). The summed E-state index contributed by atoms with van der Waals surface area (Å²) in [5, 5.41) is 0. The van der Waals surface area contributed by atoms with Crippen molar-refractivity contribution in [3.8, 4) is 0 Å². The molecule has 2 aliphatic carbocycles. The van der Waals surface area contributed by atoms with Gasteiger partial charge in [0.25, 0.3) is 0 Å². The van der Waals surface area contributed by atoms with Crippen molar-refractivity contribution >= 4 is 11.6 Å². The monoisotopic (exact) mass is 486 g/mol. The number of nitrogens with zero attached hydrogens (tertiary/aromatic N) is 2. The van der Waals surface area contributed by atoms with Crippen LogP contribution < -0.4 is 0 Å². The lowest BCUT2D eigenvalue weighted by Crippen LogP contribution is -2.56. The molecule has 0 bridgehead atoms. The number of carbonyl (C=O) groups excluding carboxylic acids is 2. The summed E-state index contributed by atoms with van der Waals surface area (Å²) in [6.07, 6.45) is 7.55. The highest BCUT2D eigenvalue weighted by atomic mass is 16.1. The van der Waals surface area contributed by atoms with Crippen molar-refractivity contribution in [2.75, 3.05) is 0 Å². The van der Waals surface area contributed by atoms with Crippen molar-refractivity contribution < 1.29 is 9.59 Å². The molecule has 0 aromatic heterocycles. The summed E-state index contributed by atoms with van der Waals surface area (Å²) in [5.74, 6) is 2.68. The van der Waals surface area contributed by atoms with E-state index >= 15 is 0 Å². The van der Waals surface area contributed by atoms with Crippen LogP contribution in [-0.2, 0) is 9.59 Å². The number of Topliss-reactive ketones (excluding diaryl/α,β-unsaturated/α-hetero) is 2. The summed E-state index contributed by atoms with van der Waals surface area (Å²) in [6.45, 7) is 24.5. The average molecular weight is 487 g/mol. The molecule has 2 saturated carbocycles. The topological polar surface area (TPSA) is 40.6 Å². The molecule has 200 valence electrons. The van der Waals surface area contributed by atoms with Gasteiger partial charge >= 0.3 is 0 Å². The van der Waals surface area contributed by atoms with E-state index in [0.29, 0.717) is 35.5 Å². The molecule has 2 heterocycles. The highest BCUT2D eigenvalue weighted by Gasteiger charge is 2.60. The van der Waals surface area contributed by atoms with Crippen LogP contribution in [0, 0.1) is 28.6 Å². The molecule has 4 nitrogen and oxygen atoms in total. The molecule has 0 aromatic rings. The minimum Gasteiger partial charge on any atom is -0.297 e. The van der Waals surface area contributed by atoms with E-state index in [0.717, 1.165) is 31.6 Å². The number of fused-ring (bicyclic) bond motifs is 2. The van der Waals surface area contributed by atoms with Gasteiger partial charge < -0.3 is 0 Å². The lowest BCUT2D eigenvalue weighted by molar-refractivity contribution is -0.137. The smallest absolute Gasteiger partial charge is 0.155 e. The quantitative estimate of drug-likeness (QED) is 0.411. The minimum absolute atomic E-state index is 0.0138. The number of ketones is 2. The van der Waals surface area contributed by atoms with E-state index < -0.39 is 0 Å². The van der Waals surface area contributed by atoms with Crippen LogP contribution >= 0.6 is 0 Å². The first-order chi connectivity index (χ1) is 15.9. The lowest BCUT2D eigenvalue weighted by atomic mass is 9.73. The molecule has 0 radical (unpaired) electrons. The van der Waals surface area contributed by atoms with Gasteiger partial charge in [0.05, 0.1) is 12.1 Å². The fourth-order valence-electron chi connectivity index (χ4n) is 8.33. The van der Waals surface area contributed by atoms with Gasteiger partial charge in [-0.3, -0.25) is 19.4 Å². The van der Waals surface area contributed by atoms with E-state index in [4.69, 9.17) is 0 Å². The second-order valence-electron chi connectivity index (χ2n) is 15.9. The molecular formula is C31H54N2O2. The maximum Gasteiger partial charge on any atom is 0.155 e. The molecular weight excluding hydrogens is 432 g/mol. The zero-order valence-electron chi connectivity index (χ0n) is 24.7. The molecule has 0 aromatic carbocycles. The van der Waals surface area contributed by atoms with Crippen LogP contribution in [0.2, 0.25) is 0 Å². The van der Waals surface area contributed by atoms with Gasteiger partial charge in [0.15, 0.2) is 11.6 Å². The molecule has 0 N–H and O–H groups in total. The first-order valence-electron chi connectivity index (χ1n) is 14.6. The number of carbonyl (C=O) groups is 2. The molecule has 4 fully saturated rings. The Morgan fingerprint density at radius 3 is 1.74 bits per heavy atom. The summed E-state index contributed by atoms with van der Waals surface area (Å²) in [4.78, 5) is 33.0. The van der Waals surface area contributed by atoms with Gasteiger partial charge in [-0.1, -0.05) is 34.6 Å². The third-order valence-corrected chi connectivity index (χ3v) is 10.3. The van der Waals surface area contributed by atoms with Crippen molar-refractivity contribution in [2.24, 2.45) is 28.6 Å². The van der Waals surface area contributed by atoms with E-state index in [9.17, 15) is 9.59 Å². The van der Waals surface area contributed by atoms with Gasteiger partial charge in [0, 0.05) is 34.0 Å². The van der Waals surface area contributed by atoms with Gasteiger partial charge in [-0.2, -0.15) is 0 Å². The van der Waals surface area contributed by atoms with Crippen LogP contribution in [-0.4, -0.2) is 56.6 Å². The molecule has 0 amide bonds. The third-order valence-electron chi connectivity index (χ3n) is 10.3. The fourth-order valence-corrected chi connectivity index (χ4v) is 8.33. The van der Waals surface area contributed by atoms with Gasteiger partial charge in [0.2, 0.25) is 0 Å². The van der Waals surface area contributed by atoms with Gasteiger partial charge in [-0.15, -0.1) is 0 Å². The molecule has 1 unspecified atom stereocenters. The standard InChI is InChI=1S/C31H54N2O2/c1-12-30(8,9)26(34)24-15-19-13-14-20(25(19)33(24)29(5,6)7)18-31(10,11)27(35)23-17-21-16-22(21)32(23)28(2,3)4/h19-25H,12-18H2,1-11H3/t19-,20?,21-,22-,23-,24-,25+/m0/s1. The van der Waals surface area contributed by atoms with E-state index in [-0.39, 0.29) is 34.0 Å². The maximum absolute atomic E-state index is 14.1. The summed E-state index contributed by atoms with van der Waals surface area (Å²) in [5.41, 5.74) is -0.634. The van der Waals surface area contributed by atoms with Crippen molar-refractivity contribution in [1.29, 1.82) is 0 Å². The van der Waals surface area contributed by atoms with Crippen LogP contribution in [0.25, 0.3) is 0 Å². The summed E-state index contributed by atoms with van der Waals surface area (Å²) < 4.78 is 0. The Balaban J connectivity index is 1.55. The van der Waals surface area contributed by atoms with Crippen molar-refractivity contribution in [1.82, 2.24) is 9.80 Å². The number of hydrogen-bond donors (Lipinski definition) is 0. The fraction of sp³-hybridized carbons (Fsp3) is 0.935. The highest BCUT2D eigenvalue weighted by Crippen LogP contribution is 2.55. The van der Waals surface area contributed by atoms with Gasteiger partial charge in [-0.05, 0) is 104 Å². The molecule has 2 saturated heterocycles. The predicted molar refractivity (Wildman–Crippen MR) is 144 cm³/mol. The Hall–Kier alpha value is -0.740. The molecule has 4 aliphatic rings. The molecule has 35 heavy (non-hydrogen) atoms. The summed E-state index contributed by atoms with van der Waals surface area (Å²) in [6, 6.07) is 1.13. The largest absolute Gasteiger partial charge is 0.297 e. The first kappa shape index (κ1) is 27.3. The Kier molecular flexibility index (Phi) is 6.75. The number of piperidine rings is 1. The van der Waals surface area contributed by atoms with Crippen LogP contribution in [0.15, 0.2) is 0 Å². The number of hydrogen-bond acceptors (Lipinski definition) is 4. The van der Waals surface area contributed by atoms with Gasteiger partial charge in [0.1, 0.15) is 0 Å². The number of likely N-dealkylation sites (tertiary alicyclic amines) is 2. The average Bonchev–Trinajstić information content (AvgIpc) is 3.07. The van der Waals surface area contributed by atoms with Crippen LogP contribution in [0.1, 0.15) is 121 Å². The van der Waals surface area contributed by atoms with Crippen molar-refractivity contribution in [3.63, 3.8) is 0 Å². The molecule has 4 heteroatoms. The van der Waals surface area contributed by atoms with E-state index in [1.165, 1.54) is 19.3 Å². The lowest BCUT2D eigenvalue weighted by Gasteiger charge is -2.46. The van der Waals surface area contributed by atoms with E-state index in [1.54, 1.807) is 0 Å². The van der Waals surface area contributed by atoms with Crippen LogP contribution in [0.4, 0.5) is 0 Å². The first-order valence-corrected chi connectivity index (χ1v) is 14.6. The minimum atomic E-state index is -0.334. The van der Waals surface area contributed by atoms with E-state index in [1.807, 2.05) is 0 Å². The Morgan fingerprint density at radius 1 is 0.686 bits per heavy atom. The normalized spacial score (nSPS) is 36.4. The van der Waals surface area contributed by atoms with Crippen molar-refractivity contribution in [3.05, 3.63) is 0 Å². The van der Waals surface area contributed by atoms with Crippen LogP contribution in [0.3, 0.4) is 0 Å². The highest BCUT2D eigenvalue weighted by molar-refractivity contribution is 5.90. The van der Waals surface area contributed by atoms with E-state index in [2.05, 4.69) is 86.0 Å². The zero-order chi connectivity index (χ0) is 26.3. The number of rotatable bonds is 7. The Labute approximate surface area is 216 Å². The summed E-state index contributed by atoms with van der Waals surface area (Å²) in [7, 11) is 0. The zero-order valence-corrected chi connectivity index (χ0v) is 24.7. The Bertz CT molecular complexity index is 845. The van der Waals surface area contributed by atoms with Gasteiger partial charge in [-0.25, -0.2) is 0 Å². The van der Waals surface area contributed by atoms with Crippen molar-refractivity contribution in [2.45, 2.75) is 156 Å². The Morgan fingerprint density at radius 2 is 1.20 bits per heavy atom. The maximum atomic E-state index is 14.1. The SMILES string of the molecule is CCC(C)(C)C(=O)[C@@H]1C[C@@H]2CCC(CC(C)(C)C(=O)[C@@H]3C[C@@H]4C[C@@H]4N3C(C)(C)C)[C@@H]2N1C(C)(C)C. The second-order valence-corrected chi connectivity index (χ2v) is 15.9. The van der Waals surface area contributed by atoms with Crippen LogP contribution in [0.5, 0.6) is 0 Å².